The fraction of sp³-hybridized carbons (Fsp3) is 0.364. The summed E-state index contributed by atoms with van der Waals surface area (Å²) in [5.41, 5.74) is 4.09. The van der Waals surface area contributed by atoms with Gasteiger partial charge in [-0.3, -0.25) is 0 Å². The van der Waals surface area contributed by atoms with Crippen molar-refractivity contribution in [2.24, 2.45) is 0 Å². The van der Waals surface area contributed by atoms with Crippen molar-refractivity contribution in [3.63, 3.8) is 0 Å². The molecule has 0 saturated heterocycles. The normalized spacial score (nSPS) is 13.3. The molecule has 2 atom stereocenters. The van der Waals surface area contributed by atoms with Crippen molar-refractivity contribution in [3.05, 3.63) is 72.1 Å². The number of nitrogens with one attached hydrogen (secondary N) is 1. The van der Waals surface area contributed by atoms with Crippen molar-refractivity contribution in [2.75, 3.05) is 26.4 Å². The van der Waals surface area contributed by atoms with Crippen LogP contribution in [-0.2, 0) is 22.3 Å². The van der Waals surface area contributed by atoms with Crippen LogP contribution in [0.1, 0.15) is 11.3 Å². The molecule has 3 rings (SSSR count). The lowest BCUT2D eigenvalue weighted by atomic mass is 10.0. The summed E-state index contributed by atoms with van der Waals surface area (Å²) in [4.78, 5) is 0. The van der Waals surface area contributed by atoms with Gasteiger partial charge >= 0.3 is 0 Å². The molecule has 0 spiro atoms. The number of hydrogen-bond acceptors (Lipinski definition) is 6. The van der Waals surface area contributed by atoms with Crippen LogP contribution in [0.25, 0.3) is 11.1 Å². The van der Waals surface area contributed by atoms with Gasteiger partial charge in [-0.1, -0.05) is 54.6 Å². The second kappa shape index (κ2) is 11.4. The second-order valence-corrected chi connectivity index (χ2v) is 6.89. The smallest absolute Gasteiger partial charge is 0.0851 e. The van der Waals surface area contributed by atoms with Crippen molar-refractivity contribution in [1.29, 1.82) is 0 Å². The summed E-state index contributed by atoms with van der Waals surface area (Å²) in [6, 6.07) is 18.4. The predicted octanol–water partition coefficient (Wildman–Crippen LogP) is 2.01. The van der Waals surface area contributed by atoms with E-state index in [-0.39, 0.29) is 13.2 Å². The minimum Gasteiger partial charge on any atom is -0.390 e. The second-order valence-electron chi connectivity index (χ2n) is 6.89. The van der Waals surface area contributed by atoms with Gasteiger partial charge in [-0.2, -0.15) is 15.4 Å². The number of H-pyrrole nitrogens is 1. The quantitative estimate of drug-likeness (QED) is 0.404. The molecule has 0 bridgehead atoms. The van der Waals surface area contributed by atoms with Crippen molar-refractivity contribution < 1.29 is 19.7 Å². The Kier molecular flexibility index (Phi) is 8.33. The number of aliphatic hydroxyl groups excluding tert-OH is 2. The lowest BCUT2D eigenvalue weighted by Crippen LogP contribution is -2.22. The molecule has 2 aromatic carbocycles. The van der Waals surface area contributed by atoms with Crippen LogP contribution in [0.3, 0.4) is 0 Å². The zero-order chi connectivity index (χ0) is 20.3. The highest BCUT2D eigenvalue weighted by atomic mass is 16.5. The minimum absolute atomic E-state index is 0.201. The summed E-state index contributed by atoms with van der Waals surface area (Å²) in [6.45, 7) is 1.16. The van der Waals surface area contributed by atoms with E-state index in [9.17, 15) is 10.2 Å². The molecule has 0 aliphatic carbocycles. The van der Waals surface area contributed by atoms with Crippen LogP contribution in [0.15, 0.2) is 60.8 Å². The van der Waals surface area contributed by atoms with Crippen LogP contribution < -0.4 is 0 Å². The van der Waals surface area contributed by atoms with Gasteiger partial charge in [0.1, 0.15) is 0 Å². The average Bonchev–Trinajstić information content (AvgIpc) is 3.25. The van der Waals surface area contributed by atoms with Gasteiger partial charge in [-0.15, -0.1) is 0 Å². The Morgan fingerprint density at radius 1 is 0.793 bits per heavy atom. The maximum absolute atomic E-state index is 10.2. The third-order valence-electron chi connectivity index (χ3n) is 4.43. The molecular weight excluding hydrogens is 370 g/mol. The average molecular weight is 397 g/mol. The fourth-order valence-corrected chi connectivity index (χ4v) is 2.98. The monoisotopic (exact) mass is 397 g/mol. The van der Waals surface area contributed by atoms with Crippen molar-refractivity contribution in [1.82, 2.24) is 15.4 Å². The Morgan fingerprint density at radius 3 is 2.03 bits per heavy atom. The Hall–Kier alpha value is -2.58. The molecule has 29 heavy (non-hydrogen) atoms. The van der Waals surface area contributed by atoms with Gasteiger partial charge in [0.25, 0.3) is 0 Å². The molecule has 3 aromatic rings. The zero-order valence-electron chi connectivity index (χ0n) is 16.3. The van der Waals surface area contributed by atoms with E-state index in [2.05, 4.69) is 39.7 Å². The first-order valence-corrected chi connectivity index (χ1v) is 9.71. The standard InChI is InChI=1S/C22H27N3O4/c26-21(12-17-6-8-19(9-7-17)18-4-2-1-3-5-18)15-28-10-11-29-16-22(27)13-20-14-23-25-24-20/h1-9,14,21-22,26-27H,10-13,15-16H2,(H,23,24,25)/t21-,22-/m0/s1. The number of aliphatic hydroxyl groups is 2. The highest BCUT2D eigenvalue weighted by Crippen LogP contribution is 2.19. The third-order valence-corrected chi connectivity index (χ3v) is 4.43. The molecule has 1 aromatic heterocycles. The van der Waals surface area contributed by atoms with Crippen LogP contribution in [0.2, 0.25) is 0 Å². The van der Waals surface area contributed by atoms with Crippen molar-refractivity contribution in [3.8, 4) is 11.1 Å². The summed E-state index contributed by atoms with van der Waals surface area (Å²) in [6.07, 6.45) is 1.29. The van der Waals surface area contributed by atoms with Crippen LogP contribution in [0, 0.1) is 0 Å². The molecule has 7 heteroatoms. The maximum Gasteiger partial charge on any atom is 0.0851 e. The van der Waals surface area contributed by atoms with Crippen LogP contribution in [0.5, 0.6) is 0 Å². The first kappa shape index (κ1) is 21.1. The first-order chi connectivity index (χ1) is 14.2. The summed E-state index contributed by atoms with van der Waals surface area (Å²) in [5.74, 6) is 0. The Bertz CT molecular complexity index is 810. The topological polar surface area (TPSA) is 100 Å². The van der Waals surface area contributed by atoms with Crippen LogP contribution >= 0.6 is 0 Å². The van der Waals surface area contributed by atoms with Crippen molar-refractivity contribution >= 4 is 0 Å². The number of benzene rings is 2. The van der Waals surface area contributed by atoms with Gasteiger partial charge in [-0.05, 0) is 16.7 Å². The molecule has 0 unspecified atom stereocenters. The number of ether oxygens (including phenoxy) is 2. The lowest BCUT2D eigenvalue weighted by Gasteiger charge is -2.13. The highest BCUT2D eigenvalue weighted by molar-refractivity contribution is 5.63. The largest absolute Gasteiger partial charge is 0.390 e. The van der Waals surface area contributed by atoms with Gasteiger partial charge in [0.2, 0.25) is 0 Å². The summed E-state index contributed by atoms with van der Waals surface area (Å²) < 4.78 is 10.8. The van der Waals surface area contributed by atoms with Gasteiger partial charge < -0.3 is 19.7 Å². The lowest BCUT2D eigenvalue weighted by molar-refractivity contribution is -0.0165. The molecule has 154 valence electrons. The first-order valence-electron chi connectivity index (χ1n) is 9.71. The molecule has 0 fully saturated rings. The van der Waals surface area contributed by atoms with Gasteiger partial charge in [0, 0.05) is 12.8 Å². The van der Waals surface area contributed by atoms with E-state index in [1.54, 1.807) is 6.20 Å². The molecule has 7 nitrogen and oxygen atoms in total. The molecule has 0 aliphatic heterocycles. The SMILES string of the molecule is O[C@H](COCCOC[C@@H](O)Cc1cn[nH]n1)Cc1ccc(-c2ccccc2)cc1. The number of aromatic nitrogens is 3. The molecule has 3 N–H and O–H groups in total. The number of hydrogen-bond donors (Lipinski definition) is 3. The summed E-state index contributed by atoms with van der Waals surface area (Å²) >= 11 is 0. The highest BCUT2D eigenvalue weighted by Gasteiger charge is 2.09. The zero-order valence-corrected chi connectivity index (χ0v) is 16.3. The van der Waals surface area contributed by atoms with Gasteiger partial charge in [0.15, 0.2) is 0 Å². The van der Waals surface area contributed by atoms with E-state index >= 15 is 0 Å². The minimum atomic E-state index is -0.635. The van der Waals surface area contributed by atoms with E-state index in [1.807, 2.05) is 30.3 Å². The Balaban J connectivity index is 1.27. The van der Waals surface area contributed by atoms with E-state index in [0.29, 0.717) is 31.7 Å². The van der Waals surface area contributed by atoms with Gasteiger partial charge in [0.05, 0.1) is 50.5 Å². The number of rotatable bonds is 12. The van der Waals surface area contributed by atoms with Gasteiger partial charge in [-0.25, -0.2) is 0 Å². The van der Waals surface area contributed by atoms with E-state index in [4.69, 9.17) is 9.47 Å². The van der Waals surface area contributed by atoms with E-state index < -0.39 is 12.2 Å². The Labute approximate surface area is 170 Å². The Morgan fingerprint density at radius 2 is 1.41 bits per heavy atom. The fourth-order valence-electron chi connectivity index (χ4n) is 2.98. The van der Waals surface area contributed by atoms with E-state index in [1.165, 1.54) is 5.56 Å². The van der Waals surface area contributed by atoms with Crippen LogP contribution in [-0.4, -0.2) is 64.3 Å². The molecule has 0 amide bonds. The summed E-state index contributed by atoms with van der Waals surface area (Å²) in [7, 11) is 0. The molecular formula is C22H27N3O4. The molecule has 0 aliphatic rings. The number of nitrogens with zero attached hydrogens (tertiary/aromatic N) is 2. The predicted molar refractivity (Wildman–Crippen MR) is 109 cm³/mol. The van der Waals surface area contributed by atoms with E-state index in [0.717, 1.165) is 11.1 Å². The third kappa shape index (κ3) is 7.40. The number of aromatic amines is 1. The van der Waals surface area contributed by atoms with Crippen molar-refractivity contribution in [2.45, 2.75) is 25.0 Å². The molecule has 1 heterocycles. The maximum atomic E-state index is 10.2. The van der Waals surface area contributed by atoms with Crippen LogP contribution in [0.4, 0.5) is 0 Å². The summed E-state index contributed by atoms with van der Waals surface area (Å²) in [5, 5.41) is 30.1. The molecule has 0 saturated carbocycles. The molecule has 0 radical (unpaired) electrons.